The molecule has 0 saturated heterocycles. The molecule has 0 radical (unpaired) electrons. The minimum absolute atomic E-state index is 0.156. The Morgan fingerprint density at radius 3 is 2.53 bits per heavy atom. The van der Waals surface area contributed by atoms with Crippen LogP contribution < -0.4 is 5.73 Å². The molecule has 0 amide bonds. The normalized spacial score (nSPS) is 40.3. The molecule has 0 aromatic rings. The van der Waals surface area contributed by atoms with E-state index >= 15 is 0 Å². The molecule has 0 heterocycles. The third kappa shape index (κ3) is 1.42. The van der Waals surface area contributed by atoms with Gasteiger partial charge in [0.2, 0.25) is 0 Å². The van der Waals surface area contributed by atoms with Crippen LogP contribution in [-0.2, 0) is 9.59 Å². The molecule has 0 aliphatic heterocycles. The molecule has 5 nitrogen and oxygen atoms in total. The highest BCUT2D eigenvalue weighted by Crippen LogP contribution is 2.66. The first kappa shape index (κ1) is 10.4. The number of carboxylic acids is 2. The van der Waals surface area contributed by atoms with Crippen LogP contribution in [0.15, 0.2) is 0 Å². The molecule has 3 unspecified atom stereocenters. The molecule has 4 atom stereocenters. The van der Waals surface area contributed by atoms with Crippen LogP contribution in [-0.4, -0.2) is 28.2 Å². The highest BCUT2D eigenvalue weighted by molar-refractivity contribution is 5.77. The standard InChI is InChI=1S/C10H15NO4/c11-7(9(14)15)5-2-1-3-10(5)4-6(10)8(12)13/h5-7H,1-4,11H2,(H,12,13)(H,14,15)/t5-,6?,7?,10?/m1/s1. The van der Waals surface area contributed by atoms with Crippen molar-refractivity contribution in [3.8, 4) is 0 Å². The molecule has 1 spiro atoms. The van der Waals surface area contributed by atoms with Crippen molar-refractivity contribution in [2.45, 2.75) is 31.7 Å². The largest absolute Gasteiger partial charge is 0.481 e. The Morgan fingerprint density at radius 1 is 1.40 bits per heavy atom. The third-order valence-electron chi connectivity index (χ3n) is 4.03. The molecular formula is C10H15NO4. The summed E-state index contributed by atoms with van der Waals surface area (Å²) in [5.41, 5.74) is 5.31. The molecule has 2 saturated carbocycles. The average Bonchev–Trinajstić information content (AvgIpc) is 2.70. The van der Waals surface area contributed by atoms with Crippen molar-refractivity contribution >= 4 is 11.9 Å². The molecule has 0 aromatic heterocycles. The van der Waals surface area contributed by atoms with Crippen molar-refractivity contribution in [1.82, 2.24) is 0 Å². The lowest BCUT2D eigenvalue weighted by Crippen LogP contribution is -2.41. The molecule has 2 aliphatic rings. The monoisotopic (exact) mass is 213 g/mol. The number of hydrogen-bond acceptors (Lipinski definition) is 3. The van der Waals surface area contributed by atoms with Crippen LogP contribution in [0.2, 0.25) is 0 Å². The van der Waals surface area contributed by atoms with E-state index in [-0.39, 0.29) is 17.3 Å². The van der Waals surface area contributed by atoms with Gasteiger partial charge in [-0.1, -0.05) is 6.42 Å². The Labute approximate surface area is 87.3 Å². The van der Waals surface area contributed by atoms with E-state index < -0.39 is 18.0 Å². The molecule has 0 bridgehead atoms. The average molecular weight is 213 g/mol. The summed E-state index contributed by atoms with van der Waals surface area (Å²) in [6.45, 7) is 0. The topological polar surface area (TPSA) is 101 Å². The van der Waals surface area contributed by atoms with Crippen molar-refractivity contribution in [2.75, 3.05) is 0 Å². The van der Waals surface area contributed by atoms with Crippen LogP contribution in [0.3, 0.4) is 0 Å². The zero-order chi connectivity index (χ0) is 11.2. The van der Waals surface area contributed by atoms with Gasteiger partial charge in [-0.3, -0.25) is 9.59 Å². The van der Waals surface area contributed by atoms with Gasteiger partial charge in [0.1, 0.15) is 6.04 Å². The van der Waals surface area contributed by atoms with Gasteiger partial charge in [0, 0.05) is 0 Å². The first-order valence-corrected chi connectivity index (χ1v) is 5.20. The van der Waals surface area contributed by atoms with Gasteiger partial charge in [0.05, 0.1) is 5.92 Å². The van der Waals surface area contributed by atoms with Crippen LogP contribution in [0.4, 0.5) is 0 Å². The predicted molar refractivity (Wildman–Crippen MR) is 51.1 cm³/mol. The second-order valence-corrected chi connectivity index (χ2v) is 4.69. The number of carboxylic acid groups (broad SMARTS) is 2. The lowest BCUT2D eigenvalue weighted by molar-refractivity contribution is -0.143. The highest BCUT2D eigenvalue weighted by Gasteiger charge is 2.65. The number of aliphatic carboxylic acids is 2. The maximum absolute atomic E-state index is 10.9. The Bertz CT molecular complexity index is 317. The third-order valence-corrected chi connectivity index (χ3v) is 4.03. The van der Waals surface area contributed by atoms with Gasteiger partial charge < -0.3 is 15.9 Å². The van der Waals surface area contributed by atoms with Crippen LogP contribution >= 0.6 is 0 Å². The van der Waals surface area contributed by atoms with E-state index in [4.69, 9.17) is 15.9 Å². The number of nitrogens with two attached hydrogens (primary N) is 1. The summed E-state index contributed by atoms with van der Waals surface area (Å²) < 4.78 is 0. The first-order chi connectivity index (χ1) is 6.99. The summed E-state index contributed by atoms with van der Waals surface area (Å²) in [6.07, 6.45) is 3.07. The summed E-state index contributed by atoms with van der Waals surface area (Å²) in [5.74, 6) is -2.34. The Kier molecular flexibility index (Phi) is 2.22. The second kappa shape index (κ2) is 3.20. The maximum atomic E-state index is 10.9. The molecule has 0 aromatic carbocycles. The number of rotatable bonds is 3. The summed E-state index contributed by atoms with van der Waals surface area (Å²) in [5, 5.41) is 17.8. The fourth-order valence-electron chi connectivity index (χ4n) is 3.17. The van der Waals surface area contributed by atoms with E-state index in [2.05, 4.69) is 0 Å². The zero-order valence-electron chi connectivity index (χ0n) is 8.35. The van der Waals surface area contributed by atoms with Crippen molar-refractivity contribution in [3.63, 3.8) is 0 Å². The summed E-state index contributed by atoms with van der Waals surface area (Å²) >= 11 is 0. The van der Waals surface area contributed by atoms with Crippen LogP contribution in [0.25, 0.3) is 0 Å². The van der Waals surface area contributed by atoms with Crippen LogP contribution in [0, 0.1) is 17.3 Å². The SMILES string of the molecule is NC(C(=O)O)[C@H]1CCCC12CC2C(=O)O. The zero-order valence-corrected chi connectivity index (χ0v) is 8.35. The van der Waals surface area contributed by atoms with E-state index in [1.807, 2.05) is 0 Å². The predicted octanol–water partition coefficient (Wildman–Crippen LogP) is 0.289. The van der Waals surface area contributed by atoms with E-state index in [9.17, 15) is 9.59 Å². The van der Waals surface area contributed by atoms with E-state index in [0.29, 0.717) is 6.42 Å². The van der Waals surface area contributed by atoms with Gasteiger partial charge in [0.25, 0.3) is 0 Å². The molecule has 4 N–H and O–H groups in total. The Morgan fingerprint density at radius 2 is 2.07 bits per heavy atom. The minimum Gasteiger partial charge on any atom is -0.481 e. The van der Waals surface area contributed by atoms with E-state index in [1.165, 1.54) is 0 Å². The molecule has 2 fully saturated rings. The maximum Gasteiger partial charge on any atom is 0.320 e. The first-order valence-electron chi connectivity index (χ1n) is 5.20. The van der Waals surface area contributed by atoms with E-state index in [0.717, 1.165) is 19.3 Å². The minimum atomic E-state index is -1.02. The highest BCUT2D eigenvalue weighted by atomic mass is 16.4. The Balaban J connectivity index is 2.14. The summed E-state index contributed by atoms with van der Waals surface area (Å²) in [6, 6.07) is -0.906. The quantitative estimate of drug-likeness (QED) is 0.625. The van der Waals surface area contributed by atoms with Gasteiger partial charge >= 0.3 is 11.9 Å². The van der Waals surface area contributed by atoms with Gasteiger partial charge in [-0.25, -0.2) is 0 Å². The van der Waals surface area contributed by atoms with Crippen molar-refractivity contribution in [1.29, 1.82) is 0 Å². The molecule has 84 valence electrons. The summed E-state index contributed by atoms with van der Waals surface area (Å²) in [4.78, 5) is 21.7. The second-order valence-electron chi connectivity index (χ2n) is 4.69. The molecule has 5 heteroatoms. The van der Waals surface area contributed by atoms with Crippen molar-refractivity contribution in [3.05, 3.63) is 0 Å². The number of carbonyl (C=O) groups is 2. The fourth-order valence-corrected chi connectivity index (χ4v) is 3.17. The molecular weight excluding hydrogens is 198 g/mol. The van der Waals surface area contributed by atoms with E-state index in [1.54, 1.807) is 0 Å². The fraction of sp³-hybridized carbons (Fsp3) is 0.800. The van der Waals surface area contributed by atoms with Crippen LogP contribution in [0.5, 0.6) is 0 Å². The molecule has 2 aliphatic carbocycles. The number of hydrogen-bond donors (Lipinski definition) is 3. The summed E-state index contributed by atoms with van der Waals surface area (Å²) in [7, 11) is 0. The smallest absolute Gasteiger partial charge is 0.320 e. The van der Waals surface area contributed by atoms with Gasteiger partial charge in [-0.15, -0.1) is 0 Å². The van der Waals surface area contributed by atoms with Gasteiger partial charge in [0.15, 0.2) is 0 Å². The molecule has 15 heavy (non-hydrogen) atoms. The van der Waals surface area contributed by atoms with Crippen molar-refractivity contribution in [2.24, 2.45) is 23.0 Å². The van der Waals surface area contributed by atoms with Crippen LogP contribution in [0.1, 0.15) is 25.7 Å². The Hall–Kier alpha value is -1.10. The lowest BCUT2D eigenvalue weighted by atomic mass is 9.84. The van der Waals surface area contributed by atoms with Gasteiger partial charge in [-0.05, 0) is 30.6 Å². The van der Waals surface area contributed by atoms with Gasteiger partial charge in [-0.2, -0.15) is 0 Å². The lowest BCUT2D eigenvalue weighted by Gasteiger charge is -2.22. The molecule has 2 rings (SSSR count). The van der Waals surface area contributed by atoms with Crippen molar-refractivity contribution < 1.29 is 19.8 Å².